The van der Waals surface area contributed by atoms with Crippen molar-refractivity contribution < 1.29 is 19.1 Å². The van der Waals surface area contributed by atoms with E-state index in [0.29, 0.717) is 21.9 Å². The molecule has 0 bridgehead atoms. The second-order valence-electron chi connectivity index (χ2n) is 7.17. The smallest absolute Gasteiger partial charge is 0.341 e. The first kappa shape index (κ1) is 20.4. The number of methoxy groups -OCH3 is 2. The number of ether oxygens (including phenoxy) is 2. The number of esters is 1. The maximum Gasteiger partial charge on any atom is 0.341 e. The molecule has 0 atom stereocenters. The Morgan fingerprint density at radius 3 is 2.57 bits per heavy atom. The molecule has 7 heteroatoms. The lowest BCUT2D eigenvalue weighted by atomic mass is 10.0. The molecule has 0 saturated heterocycles. The number of nitrogens with zero attached hydrogens (tertiary/aromatic N) is 1. The van der Waals surface area contributed by atoms with Crippen molar-refractivity contribution in [1.29, 1.82) is 0 Å². The van der Waals surface area contributed by atoms with E-state index in [1.807, 2.05) is 36.4 Å². The van der Waals surface area contributed by atoms with Gasteiger partial charge in [-0.25, -0.2) is 4.79 Å². The SMILES string of the molecule is CCN1CCc2c(sc(NC(=O)c3cc4ccccc4cc3OC)c2C(=O)OC)C1. The van der Waals surface area contributed by atoms with Gasteiger partial charge in [-0.3, -0.25) is 9.69 Å². The molecule has 6 nitrogen and oxygen atoms in total. The number of carbonyl (C=O) groups is 2. The van der Waals surface area contributed by atoms with Crippen molar-refractivity contribution in [2.45, 2.75) is 19.9 Å². The second-order valence-corrected chi connectivity index (χ2v) is 8.28. The van der Waals surface area contributed by atoms with Crippen molar-refractivity contribution in [2.75, 3.05) is 32.6 Å². The van der Waals surface area contributed by atoms with Crippen molar-refractivity contribution in [3.63, 3.8) is 0 Å². The van der Waals surface area contributed by atoms with Gasteiger partial charge in [0.25, 0.3) is 5.91 Å². The predicted octanol–water partition coefficient (Wildman–Crippen LogP) is 4.33. The number of anilines is 1. The predicted molar refractivity (Wildman–Crippen MR) is 119 cm³/mol. The van der Waals surface area contributed by atoms with Gasteiger partial charge in [0, 0.05) is 18.0 Å². The molecule has 2 aromatic carbocycles. The highest BCUT2D eigenvalue weighted by atomic mass is 32.1. The molecule has 2 heterocycles. The Labute approximate surface area is 179 Å². The number of thiophene rings is 1. The van der Waals surface area contributed by atoms with E-state index in [9.17, 15) is 9.59 Å². The Morgan fingerprint density at radius 2 is 1.90 bits per heavy atom. The van der Waals surface area contributed by atoms with Gasteiger partial charge in [-0.1, -0.05) is 31.2 Å². The van der Waals surface area contributed by atoms with Gasteiger partial charge >= 0.3 is 5.97 Å². The van der Waals surface area contributed by atoms with E-state index in [1.165, 1.54) is 18.4 Å². The molecule has 0 aliphatic carbocycles. The number of rotatable bonds is 5. The Hall–Kier alpha value is -2.90. The Balaban J connectivity index is 1.72. The zero-order valence-electron chi connectivity index (χ0n) is 17.3. The van der Waals surface area contributed by atoms with Gasteiger partial charge in [0.2, 0.25) is 0 Å². The van der Waals surface area contributed by atoms with Crippen LogP contribution >= 0.6 is 11.3 Å². The Bertz CT molecular complexity index is 1120. The lowest BCUT2D eigenvalue weighted by molar-refractivity contribution is 0.0600. The first-order chi connectivity index (χ1) is 14.5. The van der Waals surface area contributed by atoms with Crippen LogP contribution in [0.25, 0.3) is 10.8 Å². The fourth-order valence-corrected chi connectivity index (χ4v) is 5.14. The molecular weight excluding hydrogens is 400 g/mol. The van der Waals surface area contributed by atoms with E-state index in [0.717, 1.165) is 47.3 Å². The van der Waals surface area contributed by atoms with Gasteiger partial charge in [0.1, 0.15) is 10.8 Å². The summed E-state index contributed by atoms with van der Waals surface area (Å²) in [6.07, 6.45) is 0.763. The molecule has 0 spiro atoms. The van der Waals surface area contributed by atoms with Crippen LogP contribution in [0, 0.1) is 0 Å². The zero-order valence-corrected chi connectivity index (χ0v) is 18.1. The fourth-order valence-electron chi connectivity index (χ4n) is 3.87. The number of carbonyl (C=O) groups excluding carboxylic acids is 2. The normalized spacial score (nSPS) is 13.7. The molecule has 1 aliphatic heterocycles. The average molecular weight is 425 g/mol. The van der Waals surface area contributed by atoms with E-state index in [-0.39, 0.29) is 5.91 Å². The first-order valence-electron chi connectivity index (χ1n) is 9.89. The van der Waals surface area contributed by atoms with Gasteiger partial charge in [-0.2, -0.15) is 0 Å². The molecule has 1 amide bonds. The van der Waals surface area contributed by atoms with Crippen LogP contribution in [0.5, 0.6) is 5.75 Å². The zero-order chi connectivity index (χ0) is 21.3. The Morgan fingerprint density at radius 1 is 1.17 bits per heavy atom. The second kappa shape index (κ2) is 8.45. The first-order valence-corrected chi connectivity index (χ1v) is 10.7. The van der Waals surface area contributed by atoms with E-state index in [4.69, 9.17) is 9.47 Å². The molecule has 1 N–H and O–H groups in total. The number of fused-ring (bicyclic) bond motifs is 2. The van der Waals surface area contributed by atoms with Gasteiger partial charge in [-0.05, 0) is 41.4 Å². The number of benzene rings is 2. The van der Waals surface area contributed by atoms with Crippen molar-refractivity contribution in [2.24, 2.45) is 0 Å². The topological polar surface area (TPSA) is 67.9 Å². The number of nitrogens with one attached hydrogen (secondary N) is 1. The lowest BCUT2D eigenvalue weighted by Crippen LogP contribution is -2.29. The molecule has 3 aromatic rings. The van der Waals surface area contributed by atoms with E-state index in [1.54, 1.807) is 7.11 Å². The third-order valence-electron chi connectivity index (χ3n) is 5.51. The molecule has 1 aromatic heterocycles. The largest absolute Gasteiger partial charge is 0.496 e. The maximum atomic E-state index is 13.2. The molecule has 0 radical (unpaired) electrons. The molecule has 4 rings (SSSR count). The van der Waals surface area contributed by atoms with E-state index >= 15 is 0 Å². The summed E-state index contributed by atoms with van der Waals surface area (Å²) in [6.45, 7) is 4.72. The fraction of sp³-hybridized carbons (Fsp3) is 0.304. The number of hydrogen-bond acceptors (Lipinski definition) is 6. The maximum absolute atomic E-state index is 13.2. The van der Waals surface area contributed by atoms with E-state index < -0.39 is 5.97 Å². The van der Waals surface area contributed by atoms with Crippen LogP contribution in [0.1, 0.15) is 38.1 Å². The van der Waals surface area contributed by atoms with Crippen molar-refractivity contribution in [3.05, 3.63) is 58.0 Å². The minimum absolute atomic E-state index is 0.311. The summed E-state index contributed by atoms with van der Waals surface area (Å²) in [5.74, 6) is -0.240. The highest BCUT2D eigenvalue weighted by molar-refractivity contribution is 7.17. The summed E-state index contributed by atoms with van der Waals surface area (Å²) in [4.78, 5) is 29.1. The summed E-state index contributed by atoms with van der Waals surface area (Å²) in [5.41, 5.74) is 1.88. The summed E-state index contributed by atoms with van der Waals surface area (Å²) < 4.78 is 10.5. The summed E-state index contributed by atoms with van der Waals surface area (Å²) in [7, 11) is 2.91. The van der Waals surface area contributed by atoms with Crippen LogP contribution in [0.2, 0.25) is 0 Å². The van der Waals surface area contributed by atoms with Gasteiger partial charge in [-0.15, -0.1) is 11.3 Å². The van der Waals surface area contributed by atoms with Crippen molar-refractivity contribution in [3.8, 4) is 5.75 Å². The quantitative estimate of drug-likeness (QED) is 0.618. The van der Waals surface area contributed by atoms with Crippen LogP contribution in [-0.4, -0.2) is 44.1 Å². The van der Waals surface area contributed by atoms with Gasteiger partial charge in [0.05, 0.1) is 25.3 Å². The third-order valence-corrected chi connectivity index (χ3v) is 6.64. The van der Waals surface area contributed by atoms with Gasteiger partial charge in [0.15, 0.2) is 0 Å². The minimum Gasteiger partial charge on any atom is -0.496 e. The number of hydrogen-bond donors (Lipinski definition) is 1. The monoisotopic (exact) mass is 424 g/mol. The molecule has 30 heavy (non-hydrogen) atoms. The van der Waals surface area contributed by atoms with E-state index in [2.05, 4.69) is 17.1 Å². The number of likely N-dealkylation sites (N-methyl/N-ethyl adjacent to an activating group) is 1. The highest BCUT2D eigenvalue weighted by Gasteiger charge is 2.29. The van der Waals surface area contributed by atoms with Crippen LogP contribution in [0.4, 0.5) is 5.00 Å². The van der Waals surface area contributed by atoms with Crippen LogP contribution in [-0.2, 0) is 17.7 Å². The molecular formula is C23H24N2O4S. The standard InChI is InChI=1S/C23H24N2O4S/c1-4-25-10-9-16-19(13-25)30-22(20(16)23(27)29-3)24-21(26)17-11-14-7-5-6-8-15(14)12-18(17)28-2/h5-8,11-12H,4,9-10,13H2,1-3H3,(H,24,26). The molecule has 0 unspecified atom stereocenters. The van der Waals surface area contributed by atoms with Crippen molar-refractivity contribution in [1.82, 2.24) is 4.90 Å². The third kappa shape index (κ3) is 3.66. The average Bonchev–Trinajstić information content (AvgIpc) is 3.14. The van der Waals surface area contributed by atoms with Crippen LogP contribution in [0.15, 0.2) is 36.4 Å². The molecule has 0 saturated carbocycles. The molecule has 0 fully saturated rings. The Kier molecular flexibility index (Phi) is 5.74. The molecule has 1 aliphatic rings. The summed E-state index contributed by atoms with van der Waals surface area (Å²) >= 11 is 1.45. The minimum atomic E-state index is -0.418. The molecule has 156 valence electrons. The van der Waals surface area contributed by atoms with Gasteiger partial charge < -0.3 is 14.8 Å². The highest BCUT2D eigenvalue weighted by Crippen LogP contribution is 2.38. The van der Waals surface area contributed by atoms with Crippen LogP contribution in [0.3, 0.4) is 0 Å². The number of amides is 1. The van der Waals surface area contributed by atoms with Crippen molar-refractivity contribution >= 4 is 39.0 Å². The van der Waals surface area contributed by atoms with Crippen LogP contribution < -0.4 is 10.1 Å². The summed E-state index contributed by atoms with van der Waals surface area (Å²) in [5, 5.41) is 5.42. The lowest BCUT2D eigenvalue weighted by Gasteiger charge is -2.25. The summed E-state index contributed by atoms with van der Waals surface area (Å²) in [6, 6.07) is 11.5.